The predicted molar refractivity (Wildman–Crippen MR) is 89.4 cm³/mol. The average Bonchev–Trinajstić information content (AvgIpc) is 2.64. The van der Waals surface area contributed by atoms with E-state index in [9.17, 15) is 27.9 Å². The molecule has 2 N–H and O–H groups in total. The average molecular weight is 372 g/mol. The van der Waals surface area contributed by atoms with Crippen molar-refractivity contribution >= 4 is 11.8 Å². The maximum Gasteiger partial charge on any atom is 0.416 e. The first-order valence-corrected chi connectivity index (χ1v) is 8.63. The molecule has 0 aliphatic carbocycles. The lowest BCUT2D eigenvalue weighted by molar-refractivity contribution is -0.212. The number of nitrogens with zero attached hydrogens (tertiary/aromatic N) is 1. The first kappa shape index (κ1) is 20.2. The highest BCUT2D eigenvalue weighted by atomic mass is 19.4. The van der Waals surface area contributed by atoms with Crippen molar-refractivity contribution in [2.45, 2.75) is 44.5 Å². The highest BCUT2D eigenvalue weighted by molar-refractivity contribution is 5.94. The fraction of sp³-hybridized carbons (Fsp3) is 0.556. The number of nitrogens with one attached hydrogen (secondary N) is 1. The van der Waals surface area contributed by atoms with Crippen LogP contribution in [-0.4, -0.2) is 53.2 Å². The fourth-order valence-electron chi connectivity index (χ4n) is 3.07. The number of hydrogen-bond acceptors (Lipinski definition) is 3. The zero-order chi connectivity index (χ0) is 19.3. The smallest absolute Gasteiger partial charge is 0.382 e. The largest absolute Gasteiger partial charge is 0.416 e. The molecule has 5 nitrogen and oxygen atoms in total. The molecular weight excluding hydrogens is 349 g/mol. The Morgan fingerprint density at radius 2 is 1.96 bits per heavy atom. The van der Waals surface area contributed by atoms with E-state index in [1.807, 2.05) is 0 Å². The molecule has 26 heavy (non-hydrogen) atoms. The van der Waals surface area contributed by atoms with Gasteiger partial charge in [-0.05, 0) is 31.4 Å². The van der Waals surface area contributed by atoms with E-state index in [0.717, 1.165) is 0 Å². The SMILES string of the molecule is CCC(NC(=O)C1CCCN(C(=O)c2ccccc2)C1)C(O)C(F)(F)F. The Balaban J connectivity index is 2.00. The third-order valence-corrected chi connectivity index (χ3v) is 4.58. The minimum atomic E-state index is -4.80. The summed E-state index contributed by atoms with van der Waals surface area (Å²) in [5.41, 5.74) is 0.507. The van der Waals surface area contributed by atoms with Crippen LogP contribution in [0.2, 0.25) is 0 Å². The summed E-state index contributed by atoms with van der Waals surface area (Å²) in [7, 11) is 0. The number of aliphatic hydroxyl groups is 1. The van der Waals surface area contributed by atoms with Gasteiger partial charge in [0.2, 0.25) is 5.91 Å². The number of hydrogen-bond donors (Lipinski definition) is 2. The van der Waals surface area contributed by atoms with Crippen molar-refractivity contribution in [3.8, 4) is 0 Å². The second kappa shape index (κ2) is 8.53. The Labute approximate surface area is 150 Å². The summed E-state index contributed by atoms with van der Waals surface area (Å²) >= 11 is 0. The number of rotatable bonds is 5. The highest BCUT2D eigenvalue weighted by Crippen LogP contribution is 2.25. The zero-order valence-electron chi connectivity index (χ0n) is 14.5. The van der Waals surface area contributed by atoms with Gasteiger partial charge in [0.05, 0.1) is 12.0 Å². The second-order valence-electron chi connectivity index (χ2n) is 6.47. The molecule has 0 spiro atoms. The lowest BCUT2D eigenvalue weighted by Gasteiger charge is -2.33. The van der Waals surface area contributed by atoms with E-state index in [-0.39, 0.29) is 18.9 Å². The molecule has 1 aliphatic heterocycles. The Morgan fingerprint density at radius 1 is 1.31 bits per heavy atom. The number of carbonyl (C=O) groups is 2. The van der Waals surface area contributed by atoms with Crippen LogP contribution in [0.15, 0.2) is 30.3 Å². The molecule has 1 aromatic rings. The van der Waals surface area contributed by atoms with E-state index in [1.165, 1.54) is 6.92 Å². The van der Waals surface area contributed by atoms with Crippen LogP contribution < -0.4 is 5.32 Å². The number of alkyl halides is 3. The predicted octanol–water partition coefficient (Wildman–Crippen LogP) is 2.36. The number of amides is 2. The molecule has 0 bridgehead atoms. The third-order valence-electron chi connectivity index (χ3n) is 4.58. The van der Waals surface area contributed by atoms with Crippen molar-refractivity contribution < 1.29 is 27.9 Å². The molecule has 3 atom stereocenters. The van der Waals surface area contributed by atoms with Crippen LogP contribution in [0.4, 0.5) is 13.2 Å². The van der Waals surface area contributed by atoms with Crippen LogP contribution in [-0.2, 0) is 4.79 Å². The van der Waals surface area contributed by atoms with E-state index in [0.29, 0.717) is 24.9 Å². The van der Waals surface area contributed by atoms with Crippen molar-refractivity contribution in [1.82, 2.24) is 10.2 Å². The van der Waals surface area contributed by atoms with Gasteiger partial charge in [0.1, 0.15) is 0 Å². The summed E-state index contributed by atoms with van der Waals surface area (Å²) in [6, 6.07) is 7.23. The van der Waals surface area contributed by atoms with Crippen LogP contribution in [0.25, 0.3) is 0 Å². The maximum atomic E-state index is 12.7. The maximum absolute atomic E-state index is 12.7. The van der Waals surface area contributed by atoms with Gasteiger partial charge in [0.25, 0.3) is 5.91 Å². The molecule has 1 fully saturated rings. The van der Waals surface area contributed by atoms with Crippen molar-refractivity contribution in [3.63, 3.8) is 0 Å². The van der Waals surface area contributed by atoms with Crippen molar-refractivity contribution in [2.75, 3.05) is 13.1 Å². The Bertz CT molecular complexity index is 622. The molecular formula is C18H23F3N2O3. The van der Waals surface area contributed by atoms with Gasteiger partial charge in [0, 0.05) is 18.7 Å². The van der Waals surface area contributed by atoms with E-state index in [1.54, 1.807) is 35.2 Å². The van der Waals surface area contributed by atoms with Crippen LogP contribution >= 0.6 is 0 Å². The topological polar surface area (TPSA) is 69.6 Å². The molecule has 1 saturated heterocycles. The molecule has 0 aromatic heterocycles. The minimum Gasteiger partial charge on any atom is -0.382 e. The monoisotopic (exact) mass is 372 g/mol. The second-order valence-corrected chi connectivity index (χ2v) is 6.47. The van der Waals surface area contributed by atoms with E-state index >= 15 is 0 Å². The first-order chi connectivity index (χ1) is 12.2. The summed E-state index contributed by atoms with van der Waals surface area (Å²) < 4.78 is 38.0. The standard InChI is InChI=1S/C18H23F3N2O3/c1-2-14(15(24)18(19,20)21)22-16(25)13-9-6-10-23(11-13)17(26)12-7-4-3-5-8-12/h3-5,7-8,13-15,24H,2,6,9-11H2,1H3,(H,22,25). The molecule has 3 unspecified atom stereocenters. The number of piperidine rings is 1. The van der Waals surface area contributed by atoms with Gasteiger partial charge in [-0.25, -0.2) is 0 Å². The summed E-state index contributed by atoms with van der Waals surface area (Å²) in [5.74, 6) is -1.36. The van der Waals surface area contributed by atoms with Gasteiger partial charge in [0.15, 0.2) is 6.10 Å². The van der Waals surface area contributed by atoms with Crippen molar-refractivity contribution in [2.24, 2.45) is 5.92 Å². The summed E-state index contributed by atoms with van der Waals surface area (Å²) in [4.78, 5) is 26.4. The van der Waals surface area contributed by atoms with Gasteiger partial charge in [-0.2, -0.15) is 13.2 Å². The normalized spacial score (nSPS) is 20.3. The first-order valence-electron chi connectivity index (χ1n) is 8.63. The van der Waals surface area contributed by atoms with Gasteiger partial charge in [-0.15, -0.1) is 0 Å². The fourth-order valence-corrected chi connectivity index (χ4v) is 3.07. The molecule has 8 heteroatoms. The van der Waals surface area contributed by atoms with Gasteiger partial charge < -0.3 is 15.3 Å². The van der Waals surface area contributed by atoms with Gasteiger partial charge >= 0.3 is 6.18 Å². The van der Waals surface area contributed by atoms with Crippen LogP contribution in [0, 0.1) is 5.92 Å². The van der Waals surface area contributed by atoms with Gasteiger partial charge in [-0.1, -0.05) is 25.1 Å². The number of likely N-dealkylation sites (tertiary alicyclic amines) is 1. The van der Waals surface area contributed by atoms with Crippen LogP contribution in [0.3, 0.4) is 0 Å². The molecule has 0 radical (unpaired) electrons. The number of benzene rings is 1. The minimum absolute atomic E-state index is 0.0498. The number of halogens is 3. The van der Waals surface area contributed by atoms with E-state index < -0.39 is 30.1 Å². The van der Waals surface area contributed by atoms with Crippen molar-refractivity contribution in [3.05, 3.63) is 35.9 Å². The Hall–Kier alpha value is -2.09. The van der Waals surface area contributed by atoms with Crippen molar-refractivity contribution in [1.29, 1.82) is 0 Å². The summed E-state index contributed by atoms with van der Waals surface area (Å²) in [5, 5.41) is 11.7. The lowest BCUT2D eigenvalue weighted by atomic mass is 9.95. The van der Waals surface area contributed by atoms with Crippen LogP contribution in [0.1, 0.15) is 36.5 Å². The Kier molecular flexibility index (Phi) is 6.63. The van der Waals surface area contributed by atoms with Gasteiger partial charge in [-0.3, -0.25) is 9.59 Å². The van der Waals surface area contributed by atoms with E-state index in [2.05, 4.69) is 5.32 Å². The molecule has 1 aliphatic rings. The quantitative estimate of drug-likeness (QED) is 0.834. The molecule has 1 heterocycles. The molecule has 2 amide bonds. The van der Waals surface area contributed by atoms with E-state index in [4.69, 9.17) is 0 Å². The summed E-state index contributed by atoms with van der Waals surface area (Å²) in [6.45, 7) is 2.12. The van der Waals surface area contributed by atoms with Crippen LogP contribution in [0.5, 0.6) is 0 Å². The molecule has 144 valence electrons. The molecule has 0 saturated carbocycles. The number of aliphatic hydroxyl groups excluding tert-OH is 1. The lowest BCUT2D eigenvalue weighted by Crippen LogP contribution is -2.53. The third kappa shape index (κ3) is 4.97. The highest BCUT2D eigenvalue weighted by Gasteiger charge is 2.44. The Morgan fingerprint density at radius 3 is 2.54 bits per heavy atom. The molecule has 1 aromatic carbocycles. The zero-order valence-corrected chi connectivity index (χ0v) is 14.5. The number of carbonyl (C=O) groups excluding carboxylic acids is 2. The summed E-state index contributed by atoms with van der Waals surface area (Å²) in [6.07, 6.45) is -6.37. The molecule has 2 rings (SSSR count).